The van der Waals surface area contributed by atoms with Crippen LogP contribution in [0.15, 0.2) is 42.5 Å². The fourth-order valence-electron chi connectivity index (χ4n) is 2.85. The summed E-state index contributed by atoms with van der Waals surface area (Å²) < 4.78 is 5.37. The number of nitrogens with zero attached hydrogens (tertiary/aromatic N) is 1. The molecule has 0 aromatic heterocycles. The van der Waals surface area contributed by atoms with Crippen LogP contribution in [-0.4, -0.2) is 38.0 Å². The quantitative estimate of drug-likeness (QED) is 0.869. The highest BCUT2D eigenvalue weighted by atomic mass is 16.5. The van der Waals surface area contributed by atoms with Gasteiger partial charge in [0.1, 0.15) is 0 Å². The second kappa shape index (κ2) is 7.49. The molecular formula is C20H22N2O3. The van der Waals surface area contributed by atoms with Gasteiger partial charge in [0.25, 0.3) is 5.91 Å². The summed E-state index contributed by atoms with van der Waals surface area (Å²) in [5, 5.41) is 2.85. The zero-order chi connectivity index (χ0) is 17.8. The van der Waals surface area contributed by atoms with Crippen molar-refractivity contribution in [2.45, 2.75) is 13.8 Å². The van der Waals surface area contributed by atoms with E-state index in [2.05, 4.69) is 10.2 Å². The SMILES string of the molecule is CC(=O)c1cc(N2CCOCC2)ccc1NC(=O)c1ccc(C)cc1. The lowest BCUT2D eigenvalue weighted by Gasteiger charge is -2.29. The highest BCUT2D eigenvalue weighted by Crippen LogP contribution is 2.25. The Labute approximate surface area is 147 Å². The zero-order valence-electron chi connectivity index (χ0n) is 14.5. The number of ketones is 1. The summed E-state index contributed by atoms with van der Waals surface area (Å²) in [4.78, 5) is 26.7. The summed E-state index contributed by atoms with van der Waals surface area (Å²) >= 11 is 0. The van der Waals surface area contributed by atoms with E-state index in [1.807, 2.05) is 31.2 Å². The molecule has 0 radical (unpaired) electrons. The van der Waals surface area contributed by atoms with E-state index in [0.29, 0.717) is 30.0 Å². The lowest BCUT2D eigenvalue weighted by atomic mass is 10.1. The third-order valence-electron chi connectivity index (χ3n) is 4.32. The van der Waals surface area contributed by atoms with Gasteiger partial charge in [-0.05, 0) is 44.2 Å². The van der Waals surface area contributed by atoms with Crippen molar-refractivity contribution < 1.29 is 14.3 Å². The van der Waals surface area contributed by atoms with E-state index in [-0.39, 0.29) is 11.7 Å². The Bertz CT molecular complexity index is 778. The van der Waals surface area contributed by atoms with E-state index in [0.717, 1.165) is 24.3 Å². The lowest BCUT2D eigenvalue weighted by Crippen LogP contribution is -2.36. The summed E-state index contributed by atoms with van der Waals surface area (Å²) in [6.45, 7) is 6.45. The minimum Gasteiger partial charge on any atom is -0.378 e. The molecule has 0 bridgehead atoms. The predicted molar refractivity (Wildman–Crippen MR) is 98.6 cm³/mol. The van der Waals surface area contributed by atoms with Crippen LogP contribution in [0.4, 0.5) is 11.4 Å². The van der Waals surface area contributed by atoms with Crippen molar-refractivity contribution in [2.24, 2.45) is 0 Å². The molecule has 0 spiro atoms. The molecule has 0 atom stereocenters. The summed E-state index contributed by atoms with van der Waals surface area (Å²) in [6, 6.07) is 12.9. The molecule has 0 aliphatic carbocycles. The normalized spacial score (nSPS) is 14.2. The molecule has 1 saturated heterocycles. The van der Waals surface area contributed by atoms with Crippen molar-refractivity contribution in [3.8, 4) is 0 Å². The molecule has 1 heterocycles. The highest BCUT2D eigenvalue weighted by Gasteiger charge is 2.16. The fraction of sp³-hybridized carbons (Fsp3) is 0.300. The molecule has 2 aromatic carbocycles. The Morgan fingerprint density at radius 2 is 1.72 bits per heavy atom. The van der Waals surface area contributed by atoms with Gasteiger partial charge in [0.05, 0.1) is 18.9 Å². The molecular weight excluding hydrogens is 316 g/mol. The standard InChI is InChI=1S/C20H22N2O3/c1-14-3-5-16(6-4-14)20(24)21-19-8-7-17(13-18(19)15(2)23)22-9-11-25-12-10-22/h3-8,13H,9-12H2,1-2H3,(H,21,24). The van der Waals surface area contributed by atoms with E-state index in [9.17, 15) is 9.59 Å². The number of morpholine rings is 1. The number of amides is 1. The van der Waals surface area contributed by atoms with Gasteiger partial charge in [-0.15, -0.1) is 0 Å². The molecule has 25 heavy (non-hydrogen) atoms. The van der Waals surface area contributed by atoms with Crippen LogP contribution in [0.5, 0.6) is 0 Å². The molecule has 3 rings (SSSR count). The average molecular weight is 338 g/mol. The van der Waals surface area contributed by atoms with Crippen molar-refractivity contribution in [2.75, 3.05) is 36.5 Å². The Morgan fingerprint density at radius 1 is 1.04 bits per heavy atom. The number of carbonyl (C=O) groups excluding carboxylic acids is 2. The summed E-state index contributed by atoms with van der Waals surface area (Å²) in [5.41, 5.74) is 3.69. The van der Waals surface area contributed by atoms with Crippen molar-refractivity contribution >= 4 is 23.1 Å². The Kier molecular flexibility index (Phi) is 5.14. The van der Waals surface area contributed by atoms with Gasteiger partial charge in [0, 0.05) is 29.9 Å². The number of benzene rings is 2. The summed E-state index contributed by atoms with van der Waals surface area (Å²) in [6.07, 6.45) is 0. The molecule has 1 N–H and O–H groups in total. The van der Waals surface area contributed by atoms with Crippen LogP contribution in [0.2, 0.25) is 0 Å². The first-order valence-electron chi connectivity index (χ1n) is 8.40. The Hall–Kier alpha value is -2.66. The number of hydrogen-bond donors (Lipinski definition) is 1. The van der Waals surface area contributed by atoms with Gasteiger partial charge in [-0.1, -0.05) is 17.7 Å². The molecule has 1 fully saturated rings. The highest BCUT2D eigenvalue weighted by molar-refractivity contribution is 6.09. The second-order valence-electron chi connectivity index (χ2n) is 6.21. The largest absolute Gasteiger partial charge is 0.378 e. The van der Waals surface area contributed by atoms with Gasteiger partial charge in [0.15, 0.2) is 5.78 Å². The average Bonchev–Trinajstić information content (AvgIpc) is 2.63. The molecule has 1 amide bonds. The Balaban J connectivity index is 1.83. The second-order valence-corrected chi connectivity index (χ2v) is 6.21. The molecule has 1 aliphatic heterocycles. The first kappa shape index (κ1) is 17.2. The predicted octanol–water partition coefficient (Wildman–Crippen LogP) is 3.29. The molecule has 130 valence electrons. The molecule has 0 saturated carbocycles. The molecule has 5 nitrogen and oxygen atoms in total. The van der Waals surface area contributed by atoms with Gasteiger partial charge in [-0.2, -0.15) is 0 Å². The minimum atomic E-state index is -0.221. The monoisotopic (exact) mass is 338 g/mol. The van der Waals surface area contributed by atoms with Gasteiger partial charge >= 0.3 is 0 Å². The van der Waals surface area contributed by atoms with Crippen LogP contribution >= 0.6 is 0 Å². The number of nitrogens with one attached hydrogen (secondary N) is 1. The number of hydrogen-bond acceptors (Lipinski definition) is 4. The van der Waals surface area contributed by atoms with Crippen LogP contribution in [0, 0.1) is 6.92 Å². The smallest absolute Gasteiger partial charge is 0.255 e. The zero-order valence-corrected chi connectivity index (χ0v) is 14.5. The van der Waals surface area contributed by atoms with Gasteiger partial charge in [0.2, 0.25) is 0 Å². The van der Waals surface area contributed by atoms with Gasteiger partial charge in [-0.3, -0.25) is 9.59 Å². The van der Waals surface area contributed by atoms with Gasteiger partial charge in [-0.25, -0.2) is 0 Å². The van der Waals surface area contributed by atoms with Crippen LogP contribution in [0.3, 0.4) is 0 Å². The van der Waals surface area contributed by atoms with Gasteiger partial charge < -0.3 is 15.0 Å². The molecule has 0 unspecified atom stereocenters. The first-order valence-corrected chi connectivity index (χ1v) is 8.40. The van der Waals surface area contributed by atoms with Crippen LogP contribution < -0.4 is 10.2 Å². The number of aryl methyl sites for hydroxylation is 1. The lowest BCUT2D eigenvalue weighted by molar-refractivity contribution is 0.101. The number of anilines is 2. The van der Waals surface area contributed by atoms with Crippen molar-refractivity contribution in [3.63, 3.8) is 0 Å². The Morgan fingerprint density at radius 3 is 2.36 bits per heavy atom. The van der Waals surface area contributed by atoms with Crippen LogP contribution in [-0.2, 0) is 4.74 Å². The van der Waals surface area contributed by atoms with E-state index >= 15 is 0 Å². The van der Waals surface area contributed by atoms with Crippen LogP contribution in [0.25, 0.3) is 0 Å². The summed E-state index contributed by atoms with van der Waals surface area (Å²) in [5.74, 6) is -0.295. The van der Waals surface area contributed by atoms with E-state index < -0.39 is 0 Å². The first-order chi connectivity index (χ1) is 12.0. The fourth-order valence-corrected chi connectivity index (χ4v) is 2.85. The number of Topliss-reactive ketones (excluding diaryl/α,β-unsaturated/α-hetero) is 1. The molecule has 5 heteroatoms. The topological polar surface area (TPSA) is 58.6 Å². The number of carbonyl (C=O) groups is 2. The maximum atomic E-state index is 12.4. The van der Waals surface area contributed by atoms with Crippen molar-refractivity contribution in [1.29, 1.82) is 0 Å². The third kappa shape index (κ3) is 4.06. The van der Waals surface area contributed by atoms with E-state index in [1.165, 1.54) is 6.92 Å². The third-order valence-corrected chi connectivity index (χ3v) is 4.32. The summed E-state index contributed by atoms with van der Waals surface area (Å²) in [7, 11) is 0. The van der Waals surface area contributed by atoms with Crippen molar-refractivity contribution in [1.82, 2.24) is 0 Å². The molecule has 1 aliphatic rings. The van der Waals surface area contributed by atoms with E-state index in [1.54, 1.807) is 18.2 Å². The number of rotatable bonds is 4. The maximum Gasteiger partial charge on any atom is 0.255 e. The minimum absolute atomic E-state index is 0.0747. The van der Waals surface area contributed by atoms with Crippen LogP contribution in [0.1, 0.15) is 33.2 Å². The maximum absolute atomic E-state index is 12.4. The van der Waals surface area contributed by atoms with Crippen molar-refractivity contribution in [3.05, 3.63) is 59.2 Å². The molecule has 2 aromatic rings. The van der Waals surface area contributed by atoms with E-state index in [4.69, 9.17) is 4.74 Å². The number of ether oxygens (including phenoxy) is 1.